The van der Waals surface area contributed by atoms with Crippen LogP contribution in [0.25, 0.3) is 0 Å². The van der Waals surface area contributed by atoms with Crippen molar-refractivity contribution in [1.82, 2.24) is 5.32 Å². The molecule has 7 atom stereocenters. The SMILES string of the molecule is C=CCOC(=O)[C@H](CO[C@@H]1O[C@@H]2COC(c3ccccc3)O[C@H]2[C@H](OCc2ccccc2)[C@@H]1OCc1ccccc1)NC(=O)OCc1ccccc1. The number of rotatable bonds is 16. The Kier molecular flexibility index (Phi) is 13.5. The molecule has 4 aromatic rings. The molecule has 0 spiro atoms. The second-order valence-corrected chi connectivity index (χ2v) is 12.3. The number of esters is 1. The van der Waals surface area contributed by atoms with Crippen LogP contribution in [-0.4, -0.2) is 68.6 Å². The maximum atomic E-state index is 13.1. The van der Waals surface area contributed by atoms with E-state index in [-0.39, 0.29) is 39.6 Å². The molecule has 0 aromatic heterocycles. The van der Waals surface area contributed by atoms with Gasteiger partial charge in [-0.05, 0) is 16.7 Å². The fraction of sp³-hybridized carbons (Fsp3) is 0.317. The number of hydrogen-bond acceptors (Lipinski definition) is 10. The second kappa shape index (κ2) is 19.1. The van der Waals surface area contributed by atoms with Crippen LogP contribution in [0.1, 0.15) is 28.5 Å². The summed E-state index contributed by atoms with van der Waals surface area (Å²) in [7, 11) is 0. The number of nitrogens with one attached hydrogen (secondary N) is 1. The molecule has 2 aliphatic heterocycles. The standard InChI is InChI=1S/C41H43NO10/c1-2-23-45-38(43)33(42-41(44)50-26-31-19-11-5-12-20-31)27-48-40-37(47-25-30-17-9-4-10-18-30)36(46-24-29-15-7-3-8-16-29)35-34(51-40)28-49-39(52-35)32-21-13-6-14-22-32/h2-22,33-37,39-40H,1,23-28H2,(H,42,44)/t33-,34+,35+,36-,37-,39?,40+/m0/s1. The molecular weight excluding hydrogens is 666 g/mol. The molecular formula is C41H43NO10. The van der Waals surface area contributed by atoms with E-state index in [1.807, 2.05) is 121 Å². The van der Waals surface area contributed by atoms with E-state index < -0.39 is 55.1 Å². The van der Waals surface area contributed by atoms with Crippen molar-refractivity contribution in [3.05, 3.63) is 156 Å². The highest BCUT2D eigenvalue weighted by molar-refractivity contribution is 5.81. The third kappa shape index (κ3) is 10.3. The van der Waals surface area contributed by atoms with E-state index in [0.29, 0.717) is 0 Å². The highest BCUT2D eigenvalue weighted by Gasteiger charge is 2.52. The average Bonchev–Trinajstić information content (AvgIpc) is 3.20. The summed E-state index contributed by atoms with van der Waals surface area (Å²) < 4.78 is 49.4. The largest absolute Gasteiger partial charge is 0.460 e. The molecule has 2 aliphatic rings. The first-order valence-electron chi connectivity index (χ1n) is 17.2. The summed E-state index contributed by atoms with van der Waals surface area (Å²) in [5, 5.41) is 2.57. The van der Waals surface area contributed by atoms with Crippen molar-refractivity contribution in [3.8, 4) is 0 Å². The van der Waals surface area contributed by atoms with Gasteiger partial charge >= 0.3 is 12.1 Å². The lowest BCUT2D eigenvalue weighted by Gasteiger charge is -2.49. The van der Waals surface area contributed by atoms with Crippen molar-refractivity contribution in [2.24, 2.45) is 0 Å². The number of fused-ring (bicyclic) bond motifs is 1. The summed E-state index contributed by atoms with van der Waals surface area (Å²) in [6.45, 7) is 3.88. The molecule has 2 fully saturated rings. The molecule has 0 bridgehead atoms. The average molecular weight is 710 g/mol. The van der Waals surface area contributed by atoms with Crippen LogP contribution in [0.5, 0.6) is 0 Å². The molecule has 52 heavy (non-hydrogen) atoms. The summed E-state index contributed by atoms with van der Waals surface area (Å²) in [5.74, 6) is -0.737. The van der Waals surface area contributed by atoms with Crippen molar-refractivity contribution in [2.75, 3.05) is 19.8 Å². The van der Waals surface area contributed by atoms with Crippen LogP contribution >= 0.6 is 0 Å². The topological polar surface area (TPSA) is 120 Å². The predicted octanol–water partition coefficient (Wildman–Crippen LogP) is 6.04. The van der Waals surface area contributed by atoms with Gasteiger partial charge in [-0.3, -0.25) is 0 Å². The first kappa shape index (κ1) is 36.9. The van der Waals surface area contributed by atoms with Crippen LogP contribution in [0.3, 0.4) is 0 Å². The van der Waals surface area contributed by atoms with E-state index in [1.165, 1.54) is 6.08 Å². The van der Waals surface area contributed by atoms with Gasteiger partial charge in [-0.2, -0.15) is 0 Å². The third-order valence-electron chi connectivity index (χ3n) is 8.49. The minimum atomic E-state index is -1.25. The number of benzene rings is 4. The Balaban J connectivity index is 1.23. The smallest absolute Gasteiger partial charge is 0.408 e. The number of ether oxygens (including phenoxy) is 8. The highest BCUT2D eigenvalue weighted by atomic mass is 16.8. The van der Waals surface area contributed by atoms with Gasteiger partial charge in [0, 0.05) is 5.56 Å². The van der Waals surface area contributed by atoms with Crippen LogP contribution in [0.2, 0.25) is 0 Å². The summed E-state index contributed by atoms with van der Waals surface area (Å²) >= 11 is 0. The fourth-order valence-corrected chi connectivity index (χ4v) is 5.87. The maximum Gasteiger partial charge on any atom is 0.408 e. The van der Waals surface area contributed by atoms with Gasteiger partial charge in [-0.1, -0.05) is 134 Å². The minimum Gasteiger partial charge on any atom is -0.460 e. The molecule has 0 radical (unpaired) electrons. The van der Waals surface area contributed by atoms with Gasteiger partial charge in [0.15, 0.2) is 18.6 Å². The summed E-state index contributed by atoms with van der Waals surface area (Å²) in [6.07, 6.45) is -3.87. The van der Waals surface area contributed by atoms with Crippen LogP contribution in [0, 0.1) is 0 Å². The Morgan fingerprint density at radius 3 is 1.87 bits per heavy atom. The maximum absolute atomic E-state index is 13.1. The van der Waals surface area contributed by atoms with Crippen LogP contribution in [0.15, 0.2) is 134 Å². The van der Waals surface area contributed by atoms with E-state index >= 15 is 0 Å². The van der Waals surface area contributed by atoms with Gasteiger partial charge in [0.1, 0.15) is 37.6 Å². The molecule has 2 saturated heterocycles. The van der Waals surface area contributed by atoms with Crippen LogP contribution in [0.4, 0.5) is 4.79 Å². The van der Waals surface area contributed by atoms with Gasteiger partial charge in [0.2, 0.25) is 0 Å². The van der Waals surface area contributed by atoms with Crippen molar-refractivity contribution in [2.45, 2.75) is 62.9 Å². The first-order chi connectivity index (χ1) is 25.6. The predicted molar refractivity (Wildman–Crippen MR) is 189 cm³/mol. The van der Waals surface area contributed by atoms with Crippen molar-refractivity contribution in [1.29, 1.82) is 0 Å². The van der Waals surface area contributed by atoms with E-state index in [2.05, 4.69) is 11.9 Å². The van der Waals surface area contributed by atoms with E-state index in [1.54, 1.807) is 0 Å². The van der Waals surface area contributed by atoms with Crippen molar-refractivity contribution < 1.29 is 47.5 Å². The van der Waals surface area contributed by atoms with E-state index in [0.717, 1.165) is 22.3 Å². The Labute approximate surface area is 303 Å². The highest BCUT2D eigenvalue weighted by Crippen LogP contribution is 2.37. The van der Waals surface area contributed by atoms with Crippen LogP contribution in [-0.2, 0) is 62.5 Å². The Bertz CT molecular complexity index is 1680. The van der Waals surface area contributed by atoms with Crippen LogP contribution < -0.4 is 5.32 Å². The molecule has 1 N–H and O–H groups in total. The lowest BCUT2D eigenvalue weighted by Crippen LogP contribution is -2.64. The molecule has 11 nitrogen and oxygen atoms in total. The number of carbonyl (C=O) groups is 2. The summed E-state index contributed by atoms with van der Waals surface area (Å²) in [4.78, 5) is 26.0. The van der Waals surface area contributed by atoms with Gasteiger partial charge in [0.05, 0.1) is 26.4 Å². The lowest BCUT2D eigenvalue weighted by atomic mass is 9.97. The molecule has 1 amide bonds. The third-order valence-corrected chi connectivity index (χ3v) is 8.49. The van der Waals surface area contributed by atoms with E-state index in [4.69, 9.17) is 37.9 Å². The summed E-state index contributed by atoms with van der Waals surface area (Å²) in [5.41, 5.74) is 3.53. The van der Waals surface area contributed by atoms with Crippen molar-refractivity contribution in [3.63, 3.8) is 0 Å². The fourth-order valence-electron chi connectivity index (χ4n) is 5.87. The molecule has 1 unspecified atom stereocenters. The molecule has 0 aliphatic carbocycles. The molecule has 2 heterocycles. The molecule has 11 heteroatoms. The molecule has 4 aromatic carbocycles. The molecule has 0 saturated carbocycles. The number of carbonyl (C=O) groups excluding carboxylic acids is 2. The Morgan fingerprint density at radius 2 is 1.27 bits per heavy atom. The second-order valence-electron chi connectivity index (χ2n) is 12.3. The quantitative estimate of drug-likeness (QED) is 0.109. The molecule has 272 valence electrons. The normalized spacial score (nSPS) is 23.1. The van der Waals surface area contributed by atoms with Gasteiger partial charge < -0.3 is 43.2 Å². The number of alkyl carbamates (subject to hydrolysis) is 1. The Hall–Kier alpha value is -4.88. The molecule has 6 rings (SSSR count). The summed E-state index contributed by atoms with van der Waals surface area (Å²) in [6, 6.07) is 37.1. The van der Waals surface area contributed by atoms with Gasteiger partial charge in [-0.25, -0.2) is 9.59 Å². The number of hydrogen-bond donors (Lipinski definition) is 1. The minimum absolute atomic E-state index is 0.0105. The zero-order valence-corrected chi connectivity index (χ0v) is 28.7. The zero-order valence-electron chi connectivity index (χ0n) is 28.7. The van der Waals surface area contributed by atoms with Crippen molar-refractivity contribution >= 4 is 12.1 Å². The lowest BCUT2D eigenvalue weighted by molar-refractivity contribution is -0.372. The monoisotopic (exact) mass is 709 g/mol. The zero-order chi connectivity index (χ0) is 36.0. The van der Waals surface area contributed by atoms with Gasteiger partial charge in [0.25, 0.3) is 0 Å². The van der Waals surface area contributed by atoms with E-state index in [9.17, 15) is 9.59 Å². The number of amides is 1. The first-order valence-corrected chi connectivity index (χ1v) is 17.2. The van der Waals surface area contributed by atoms with Gasteiger partial charge in [-0.15, -0.1) is 0 Å². The Morgan fingerprint density at radius 1 is 0.712 bits per heavy atom.